The first-order chi connectivity index (χ1) is 13.3. The third-order valence-electron chi connectivity index (χ3n) is 6.24. The summed E-state index contributed by atoms with van der Waals surface area (Å²) in [5.74, 6) is 0.613. The number of hydrogen-bond acceptors (Lipinski definition) is 5. The van der Waals surface area contributed by atoms with Gasteiger partial charge in [-0.25, -0.2) is 0 Å². The Morgan fingerprint density at radius 1 is 1.32 bits per heavy atom. The van der Waals surface area contributed by atoms with Gasteiger partial charge in [-0.15, -0.1) is 10.2 Å². The summed E-state index contributed by atoms with van der Waals surface area (Å²) in [5, 5.41) is 15.6. The van der Waals surface area contributed by atoms with Crippen LogP contribution in [0.1, 0.15) is 56.8 Å². The summed E-state index contributed by atoms with van der Waals surface area (Å²) in [7, 11) is 2.04. The van der Waals surface area contributed by atoms with Crippen LogP contribution in [0.5, 0.6) is 0 Å². The van der Waals surface area contributed by atoms with Gasteiger partial charge in [-0.05, 0) is 43.4 Å². The van der Waals surface area contributed by atoms with E-state index in [1.54, 1.807) is 11.3 Å². The Morgan fingerprint density at radius 2 is 2.07 bits per heavy atom. The summed E-state index contributed by atoms with van der Waals surface area (Å²) in [6.07, 6.45) is 9.26. The Kier molecular flexibility index (Phi) is 4.86. The summed E-state index contributed by atoms with van der Waals surface area (Å²) < 4.78 is 2.03. The van der Waals surface area contributed by atoms with Crippen molar-refractivity contribution < 1.29 is 4.79 Å². The van der Waals surface area contributed by atoms with Gasteiger partial charge in [-0.1, -0.05) is 49.8 Å². The van der Waals surface area contributed by atoms with Gasteiger partial charge in [-0.2, -0.15) is 5.10 Å². The molecule has 2 aliphatic rings. The van der Waals surface area contributed by atoms with Crippen molar-refractivity contribution in [3.8, 4) is 10.7 Å². The van der Waals surface area contributed by atoms with Crippen LogP contribution in [-0.2, 0) is 24.7 Å². The quantitative estimate of drug-likeness (QED) is 0.707. The summed E-state index contributed by atoms with van der Waals surface area (Å²) in [5.41, 5.74) is 6.36. The van der Waals surface area contributed by atoms with Gasteiger partial charge < -0.3 is 4.79 Å². The Labute approximate surface area is 170 Å². The molecule has 148 valence electrons. The lowest BCUT2D eigenvalue weighted by Gasteiger charge is -2.29. The number of aromatic nitrogens is 4. The Morgan fingerprint density at radius 3 is 2.79 bits per heavy atom. The minimum Gasteiger partial charge on any atom is -0.303 e. The second-order valence-electron chi connectivity index (χ2n) is 9.03. The average molecular weight is 397 g/mol. The third kappa shape index (κ3) is 3.39. The van der Waals surface area contributed by atoms with Gasteiger partial charge in [0, 0.05) is 30.3 Å². The van der Waals surface area contributed by atoms with Crippen molar-refractivity contribution in [3.05, 3.63) is 34.0 Å². The van der Waals surface area contributed by atoms with E-state index in [1.807, 2.05) is 11.7 Å². The largest absolute Gasteiger partial charge is 0.303 e. The van der Waals surface area contributed by atoms with Gasteiger partial charge >= 0.3 is 0 Å². The lowest BCUT2D eigenvalue weighted by atomic mass is 9.76. The monoisotopic (exact) mass is 396 g/mol. The molecule has 0 aliphatic heterocycles. The highest BCUT2D eigenvalue weighted by Crippen LogP contribution is 2.41. The molecule has 28 heavy (non-hydrogen) atoms. The van der Waals surface area contributed by atoms with Crippen LogP contribution in [0.25, 0.3) is 16.3 Å². The van der Waals surface area contributed by atoms with Crippen molar-refractivity contribution in [2.75, 3.05) is 0 Å². The molecule has 2 aromatic heterocycles. The highest BCUT2D eigenvalue weighted by Gasteiger charge is 2.31. The van der Waals surface area contributed by atoms with Gasteiger partial charge in [0.05, 0.1) is 0 Å². The highest BCUT2D eigenvalue weighted by atomic mass is 32.1. The third-order valence-corrected chi connectivity index (χ3v) is 7.22. The number of carbonyl (C=O) groups is 1. The van der Waals surface area contributed by atoms with E-state index in [4.69, 9.17) is 5.10 Å². The number of carbonyl (C=O) groups excluding carboxylic acids is 1. The van der Waals surface area contributed by atoms with Crippen LogP contribution in [0.3, 0.4) is 0 Å². The van der Waals surface area contributed by atoms with Crippen LogP contribution in [0.4, 0.5) is 0 Å². The smallest absolute Gasteiger partial charge is 0.168 e. The Balaban J connectivity index is 1.65. The fourth-order valence-corrected chi connectivity index (χ4v) is 5.40. The molecule has 2 heterocycles. The van der Waals surface area contributed by atoms with Crippen LogP contribution < -0.4 is 0 Å². The molecule has 5 nitrogen and oxygen atoms in total. The Hall–Kier alpha value is -2.08. The number of rotatable bonds is 4. The zero-order valence-electron chi connectivity index (χ0n) is 17.3. The lowest BCUT2D eigenvalue weighted by molar-refractivity contribution is -0.108. The second-order valence-corrected chi connectivity index (χ2v) is 10.0. The van der Waals surface area contributed by atoms with E-state index in [0.29, 0.717) is 23.7 Å². The van der Waals surface area contributed by atoms with Crippen LogP contribution in [0.15, 0.2) is 17.7 Å². The molecule has 2 unspecified atom stereocenters. The molecular weight excluding hydrogens is 368 g/mol. The van der Waals surface area contributed by atoms with E-state index in [1.165, 1.54) is 23.3 Å². The SMILES string of the molecule is CC1=CC(c2nnc(-c3nn(C)c4c3CCC(C)(C)C4)s2)=CC(C)C1CC=O. The zero-order chi connectivity index (χ0) is 20.1. The van der Waals surface area contributed by atoms with Crippen molar-refractivity contribution >= 4 is 23.2 Å². The predicted octanol–water partition coefficient (Wildman–Crippen LogP) is 4.64. The van der Waals surface area contributed by atoms with Gasteiger partial charge in [0.1, 0.15) is 17.0 Å². The van der Waals surface area contributed by atoms with Crippen LogP contribution in [0.2, 0.25) is 0 Å². The van der Waals surface area contributed by atoms with Crippen LogP contribution in [0, 0.1) is 17.3 Å². The summed E-state index contributed by atoms with van der Waals surface area (Å²) in [6, 6.07) is 0. The molecule has 0 saturated heterocycles. The maximum Gasteiger partial charge on any atom is 0.168 e. The number of aryl methyl sites for hydroxylation is 1. The minimum absolute atomic E-state index is 0.291. The fraction of sp³-hybridized carbons (Fsp3) is 0.545. The molecule has 0 radical (unpaired) electrons. The normalized spacial score (nSPS) is 23.8. The number of hydrogen-bond donors (Lipinski definition) is 0. The summed E-state index contributed by atoms with van der Waals surface area (Å²) in [6.45, 7) is 8.93. The van der Waals surface area contributed by atoms with Crippen LogP contribution in [-0.4, -0.2) is 26.3 Å². The molecule has 0 bridgehead atoms. The topological polar surface area (TPSA) is 60.7 Å². The molecule has 2 atom stereocenters. The van der Waals surface area contributed by atoms with Crippen molar-refractivity contribution in [2.24, 2.45) is 24.3 Å². The average Bonchev–Trinajstić information content (AvgIpc) is 3.22. The van der Waals surface area contributed by atoms with Crippen molar-refractivity contribution in [2.45, 2.75) is 53.4 Å². The summed E-state index contributed by atoms with van der Waals surface area (Å²) in [4.78, 5) is 11.0. The van der Waals surface area contributed by atoms with E-state index < -0.39 is 0 Å². The van der Waals surface area contributed by atoms with E-state index in [0.717, 1.165) is 40.4 Å². The number of nitrogens with zero attached hydrogens (tertiary/aromatic N) is 4. The first kappa shape index (κ1) is 19.2. The van der Waals surface area contributed by atoms with Gasteiger partial charge in [-0.3, -0.25) is 4.68 Å². The molecule has 2 aromatic rings. The Bertz CT molecular complexity index is 979. The zero-order valence-corrected chi connectivity index (χ0v) is 18.1. The molecule has 4 rings (SSSR count). The van der Waals surface area contributed by atoms with Crippen LogP contribution >= 0.6 is 11.3 Å². The first-order valence-electron chi connectivity index (χ1n) is 10.0. The van der Waals surface area contributed by atoms with E-state index in [2.05, 4.69) is 50.0 Å². The standard InChI is InChI=1S/C22H28N4OS/c1-13-10-15(11-14(2)16(13)7-9-27)20-23-24-21(28-20)19-17-6-8-22(3,4)12-18(17)26(5)25-19/h9-11,13,16H,6-8,12H2,1-5H3. The molecule has 0 saturated carbocycles. The number of aldehydes is 1. The lowest BCUT2D eigenvalue weighted by Crippen LogP contribution is -2.23. The maximum atomic E-state index is 11.0. The molecule has 6 heteroatoms. The molecular formula is C22H28N4OS. The number of allylic oxidation sites excluding steroid dienone is 4. The first-order valence-corrected chi connectivity index (χ1v) is 10.8. The molecule has 0 aromatic carbocycles. The van der Waals surface area contributed by atoms with Gasteiger partial charge in [0.25, 0.3) is 0 Å². The van der Waals surface area contributed by atoms with Crippen molar-refractivity contribution in [3.63, 3.8) is 0 Å². The molecule has 2 aliphatic carbocycles. The highest BCUT2D eigenvalue weighted by molar-refractivity contribution is 7.15. The summed E-state index contributed by atoms with van der Waals surface area (Å²) >= 11 is 1.62. The minimum atomic E-state index is 0.291. The second kappa shape index (κ2) is 7.07. The van der Waals surface area contributed by atoms with Crippen molar-refractivity contribution in [1.29, 1.82) is 0 Å². The fourth-order valence-electron chi connectivity index (χ4n) is 4.55. The van der Waals surface area contributed by atoms with Gasteiger partial charge in [0.15, 0.2) is 5.01 Å². The molecule has 0 amide bonds. The number of fused-ring (bicyclic) bond motifs is 1. The van der Waals surface area contributed by atoms with E-state index in [9.17, 15) is 4.79 Å². The molecule has 0 spiro atoms. The maximum absolute atomic E-state index is 11.0. The van der Waals surface area contributed by atoms with E-state index >= 15 is 0 Å². The molecule has 0 fully saturated rings. The molecule has 0 N–H and O–H groups in total. The van der Waals surface area contributed by atoms with Crippen molar-refractivity contribution in [1.82, 2.24) is 20.0 Å². The van der Waals surface area contributed by atoms with E-state index in [-0.39, 0.29) is 0 Å². The van der Waals surface area contributed by atoms with Gasteiger partial charge in [0.2, 0.25) is 0 Å². The predicted molar refractivity (Wildman–Crippen MR) is 113 cm³/mol.